The first-order chi connectivity index (χ1) is 24.3. The predicted molar refractivity (Wildman–Crippen MR) is 196 cm³/mol. The van der Waals surface area contributed by atoms with Gasteiger partial charge < -0.3 is 9.80 Å². The molecule has 4 aromatic carbocycles. The second-order valence-electron chi connectivity index (χ2n) is 11.6. The molecule has 0 bridgehead atoms. The summed E-state index contributed by atoms with van der Waals surface area (Å²) in [7, 11) is 0. The molecule has 0 aliphatic carbocycles. The van der Waals surface area contributed by atoms with Gasteiger partial charge in [-0.1, -0.05) is 133 Å². The van der Waals surface area contributed by atoms with Crippen LogP contribution in [0.25, 0.3) is 0 Å². The first-order valence-corrected chi connectivity index (χ1v) is 16.3. The molecule has 0 aliphatic heterocycles. The van der Waals surface area contributed by atoms with Crippen molar-refractivity contribution >= 4 is 29.5 Å². The van der Waals surface area contributed by atoms with Gasteiger partial charge in [-0.2, -0.15) is 15.0 Å². The van der Waals surface area contributed by atoms with Gasteiger partial charge in [0.25, 0.3) is 0 Å². The topological polar surface area (TPSA) is 74.2 Å². The largest absolute Gasteiger partial charge is 0.332 e. The quantitative estimate of drug-likeness (QED) is 0.124. The molecule has 0 saturated heterocycles. The second-order valence-corrected chi connectivity index (χ2v) is 11.6. The Morgan fingerprint density at radius 3 is 0.939 bits per heavy atom. The van der Waals surface area contributed by atoms with Crippen molar-refractivity contribution in [1.82, 2.24) is 24.9 Å². The summed E-state index contributed by atoms with van der Waals surface area (Å²) in [6.07, 6.45) is 3.53. The van der Waals surface area contributed by atoms with Crippen LogP contribution in [-0.2, 0) is 26.2 Å². The van der Waals surface area contributed by atoms with E-state index in [4.69, 9.17) is 24.9 Å². The van der Waals surface area contributed by atoms with Crippen LogP contribution in [0.3, 0.4) is 0 Å². The van der Waals surface area contributed by atoms with E-state index < -0.39 is 0 Å². The van der Waals surface area contributed by atoms with E-state index in [1.807, 2.05) is 65.6 Å². The van der Waals surface area contributed by atoms with Gasteiger partial charge in [0.2, 0.25) is 17.8 Å². The van der Waals surface area contributed by atoms with E-state index in [2.05, 4.69) is 107 Å². The second kappa shape index (κ2) is 15.5. The van der Waals surface area contributed by atoms with E-state index in [0.29, 0.717) is 55.7 Å². The maximum absolute atomic E-state index is 5.25. The predicted octanol–water partition coefficient (Wildman–Crippen LogP) is 8.55. The van der Waals surface area contributed by atoms with Crippen molar-refractivity contribution in [3.63, 3.8) is 0 Å². The van der Waals surface area contributed by atoms with Crippen LogP contribution >= 0.6 is 0 Å². The van der Waals surface area contributed by atoms with E-state index >= 15 is 0 Å². The number of nitrogens with zero attached hydrogens (tertiary/aromatic N) is 8. The molecule has 0 amide bonds. The van der Waals surface area contributed by atoms with Crippen molar-refractivity contribution in [3.05, 3.63) is 192 Å². The third-order valence-electron chi connectivity index (χ3n) is 7.99. The fraction of sp³-hybridized carbons (Fsp3) is 0.0976. The van der Waals surface area contributed by atoms with Crippen molar-refractivity contribution in [3.8, 4) is 0 Å². The molecule has 0 unspecified atom stereocenters. The van der Waals surface area contributed by atoms with Gasteiger partial charge in [0.1, 0.15) is 11.6 Å². The summed E-state index contributed by atoms with van der Waals surface area (Å²) in [5.41, 5.74) is 4.61. The molecule has 7 aromatic rings. The Hall–Kier alpha value is -6.41. The summed E-state index contributed by atoms with van der Waals surface area (Å²) in [5, 5.41) is 0. The molecule has 3 heterocycles. The van der Waals surface area contributed by atoms with Crippen molar-refractivity contribution in [2.75, 3.05) is 14.7 Å². The lowest BCUT2D eigenvalue weighted by atomic mass is 10.1. The lowest BCUT2D eigenvalue weighted by Gasteiger charge is -2.29. The van der Waals surface area contributed by atoms with E-state index in [1.165, 1.54) is 0 Å². The van der Waals surface area contributed by atoms with Crippen LogP contribution in [0.4, 0.5) is 29.5 Å². The third-order valence-corrected chi connectivity index (χ3v) is 7.99. The smallest absolute Gasteiger partial charge is 0.243 e. The summed E-state index contributed by atoms with van der Waals surface area (Å²) in [6.45, 7) is 2.40. The molecule has 0 N–H and O–H groups in total. The Morgan fingerprint density at radius 2 is 0.633 bits per heavy atom. The minimum Gasteiger partial charge on any atom is -0.332 e. The zero-order chi connectivity index (χ0) is 33.1. The monoisotopic (exact) mass is 640 g/mol. The zero-order valence-corrected chi connectivity index (χ0v) is 27.1. The molecule has 240 valence electrons. The van der Waals surface area contributed by atoms with Crippen LogP contribution in [0.1, 0.15) is 22.3 Å². The molecular formula is C41H36N8. The molecule has 0 fully saturated rings. The summed E-state index contributed by atoms with van der Waals surface area (Å²) in [5.74, 6) is 2.83. The van der Waals surface area contributed by atoms with Crippen LogP contribution in [-0.4, -0.2) is 24.9 Å². The van der Waals surface area contributed by atoms with Crippen LogP contribution in [0, 0.1) is 0 Å². The average Bonchev–Trinajstić information content (AvgIpc) is 3.17. The van der Waals surface area contributed by atoms with Crippen LogP contribution < -0.4 is 14.7 Å². The molecule has 49 heavy (non-hydrogen) atoms. The van der Waals surface area contributed by atoms with E-state index in [1.54, 1.807) is 12.4 Å². The van der Waals surface area contributed by atoms with Crippen molar-refractivity contribution < 1.29 is 0 Å². The van der Waals surface area contributed by atoms with Crippen molar-refractivity contribution in [2.24, 2.45) is 0 Å². The molecule has 0 radical (unpaired) electrons. The van der Waals surface area contributed by atoms with Crippen LogP contribution in [0.5, 0.6) is 0 Å². The molecule has 0 saturated carbocycles. The minimum absolute atomic E-state index is 0.426. The minimum atomic E-state index is 0.426. The zero-order valence-electron chi connectivity index (χ0n) is 27.1. The highest BCUT2D eigenvalue weighted by atomic mass is 15.4. The van der Waals surface area contributed by atoms with E-state index in [-0.39, 0.29) is 0 Å². The Labute approximate surface area is 287 Å². The molecular weight excluding hydrogens is 605 g/mol. The van der Waals surface area contributed by atoms with Gasteiger partial charge in [-0.25, -0.2) is 14.9 Å². The Balaban J connectivity index is 1.41. The lowest BCUT2D eigenvalue weighted by Crippen LogP contribution is -2.30. The maximum atomic E-state index is 5.25. The summed E-state index contributed by atoms with van der Waals surface area (Å²) < 4.78 is 0. The number of benzene rings is 4. The molecule has 0 aliphatic rings. The van der Waals surface area contributed by atoms with Crippen LogP contribution in [0.15, 0.2) is 170 Å². The van der Waals surface area contributed by atoms with E-state index in [0.717, 1.165) is 22.3 Å². The standard InChI is InChI=1S/C41H36N8/c1-5-17-33(18-6-1)29-47(30-34-19-7-2-8-20-34)39-44-40(48(31-35-21-9-3-10-22-35)32-36-23-11-4-12-24-36)46-41(45-39)49(37-25-13-15-27-42-37)38-26-14-16-28-43-38/h1-28H,29-32H2. The Bertz CT molecular complexity index is 1790. The molecule has 7 rings (SSSR count). The van der Waals surface area contributed by atoms with Crippen molar-refractivity contribution in [2.45, 2.75) is 26.2 Å². The van der Waals surface area contributed by atoms with E-state index in [9.17, 15) is 0 Å². The third kappa shape index (κ3) is 8.12. The molecule has 0 atom stereocenters. The Morgan fingerprint density at radius 1 is 0.327 bits per heavy atom. The first kappa shape index (κ1) is 31.2. The average molecular weight is 641 g/mol. The Kier molecular flexibility index (Phi) is 9.84. The highest BCUT2D eigenvalue weighted by molar-refractivity contribution is 5.68. The fourth-order valence-corrected chi connectivity index (χ4v) is 5.63. The molecule has 8 heteroatoms. The van der Waals surface area contributed by atoms with Gasteiger partial charge in [0, 0.05) is 38.6 Å². The first-order valence-electron chi connectivity index (χ1n) is 16.3. The van der Waals surface area contributed by atoms with Gasteiger partial charge in [-0.15, -0.1) is 0 Å². The van der Waals surface area contributed by atoms with Gasteiger partial charge in [0.05, 0.1) is 0 Å². The van der Waals surface area contributed by atoms with Gasteiger partial charge in [-0.3, -0.25) is 0 Å². The molecule has 3 aromatic heterocycles. The SMILES string of the molecule is c1ccc(CN(Cc2ccccc2)c2nc(N(Cc3ccccc3)Cc3ccccc3)nc(N(c3ccccn3)c3ccccn3)n2)cc1. The molecule has 0 spiro atoms. The lowest BCUT2D eigenvalue weighted by molar-refractivity contribution is 0.724. The number of aromatic nitrogens is 5. The summed E-state index contributed by atoms with van der Waals surface area (Å²) >= 11 is 0. The number of hydrogen-bond acceptors (Lipinski definition) is 8. The highest BCUT2D eigenvalue weighted by Crippen LogP contribution is 2.32. The fourth-order valence-electron chi connectivity index (χ4n) is 5.63. The highest BCUT2D eigenvalue weighted by Gasteiger charge is 2.24. The van der Waals surface area contributed by atoms with Crippen molar-refractivity contribution in [1.29, 1.82) is 0 Å². The molecule has 8 nitrogen and oxygen atoms in total. The van der Waals surface area contributed by atoms with Gasteiger partial charge >= 0.3 is 0 Å². The van der Waals surface area contributed by atoms with Gasteiger partial charge in [0.15, 0.2) is 0 Å². The summed E-state index contributed by atoms with van der Waals surface area (Å²) in [6, 6.07) is 53.3. The number of rotatable bonds is 13. The maximum Gasteiger partial charge on any atom is 0.243 e. The normalized spacial score (nSPS) is 10.8. The number of anilines is 5. The van der Waals surface area contributed by atoms with Gasteiger partial charge in [-0.05, 0) is 46.5 Å². The summed E-state index contributed by atoms with van der Waals surface area (Å²) in [4.78, 5) is 31.4. The number of pyridine rings is 2. The number of hydrogen-bond donors (Lipinski definition) is 0. The van der Waals surface area contributed by atoms with Crippen LogP contribution in [0.2, 0.25) is 0 Å².